The van der Waals surface area contributed by atoms with Crippen molar-refractivity contribution >= 4 is 22.7 Å². The van der Waals surface area contributed by atoms with Crippen molar-refractivity contribution in [3.8, 4) is 11.5 Å². The lowest BCUT2D eigenvalue weighted by Crippen LogP contribution is -2.15. The fourth-order valence-corrected chi connectivity index (χ4v) is 2.69. The zero-order valence-corrected chi connectivity index (χ0v) is 13.6. The van der Waals surface area contributed by atoms with Gasteiger partial charge in [0, 0.05) is 24.9 Å². The Morgan fingerprint density at radius 3 is 2.44 bits per heavy atom. The van der Waals surface area contributed by atoms with Crippen molar-refractivity contribution in [2.75, 3.05) is 5.32 Å². The van der Waals surface area contributed by atoms with Crippen molar-refractivity contribution in [3.63, 3.8) is 0 Å². The molecule has 0 unspecified atom stereocenters. The van der Waals surface area contributed by atoms with Gasteiger partial charge in [-0.1, -0.05) is 18.2 Å². The van der Waals surface area contributed by atoms with E-state index < -0.39 is 0 Å². The normalized spacial score (nSPS) is 10.8. The van der Waals surface area contributed by atoms with Gasteiger partial charge in [-0.2, -0.15) is 0 Å². The van der Waals surface area contributed by atoms with Crippen LogP contribution < -0.4 is 10.1 Å². The highest BCUT2D eigenvalue weighted by Gasteiger charge is 2.15. The van der Waals surface area contributed by atoms with Crippen LogP contribution in [0.4, 0.5) is 5.69 Å². The predicted molar refractivity (Wildman–Crippen MR) is 96.1 cm³/mol. The number of carbonyl (C=O) groups excluding carboxylic acids is 1. The van der Waals surface area contributed by atoms with Crippen LogP contribution in [-0.2, 0) is 7.05 Å². The van der Waals surface area contributed by atoms with Crippen molar-refractivity contribution in [2.24, 2.45) is 7.05 Å². The van der Waals surface area contributed by atoms with Crippen molar-refractivity contribution < 1.29 is 13.9 Å². The van der Waals surface area contributed by atoms with Gasteiger partial charge in [-0.15, -0.1) is 0 Å². The molecule has 0 aliphatic carbocycles. The van der Waals surface area contributed by atoms with Crippen LogP contribution in [0.5, 0.6) is 11.5 Å². The van der Waals surface area contributed by atoms with Crippen LogP contribution in [0, 0.1) is 0 Å². The lowest BCUT2D eigenvalue weighted by Gasteiger charge is -2.08. The highest BCUT2D eigenvalue weighted by Crippen LogP contribution is 2.24. The highest BCUT2D eigenvalue weighted by molar-refractivity contribution is 6.05. The number of hydrogen-bond acceptors (Lipinski definition) is 3. The van der Waals surface area contributed by atoms with Crippen molar-refractivity contribution in [3.05, 3.63) is 78.7 Å². The molecule has 0 saturated heterocycles. The van der Waals surface area contributed by atoms with Crippen LogP contribution in [0.15, 0.2) is 77.4 Å². The third kappa shape index (κ3) is 2.99. The first-order chi connectivity index (χ1) is 12.2. The van der Waals surface area contributed by atoms with Crippen molar-refractivity contribution in [1.82, 2.24) is 4.57 Å². The molecule has 124 valence electrons. The van der Waals surface area contributed by atoms with Gasteiger partial charge in [-0.25, -0.2) is 0 Å². The molecule has 1 N–H and O–H groups in total. The summed E-state index contributed by atoms with van der Waals surface area (Å²) >= 11 is 0. The summed E-state index contributed by atoms with van der Waals surface area (Å²) < 4.78 is 12.9. The zero-order valence-electron chi connectivity index (χ0n) is 13.6. The molecule has 0 atom stereocenters. The van der Waals surface area contributed by atoms with E-state index in [-0.39, 0.29) is 5.91 Å². The number of aromatic nitrogens is 1. The number of anilines is 1. The molecule has 0 bridgehead atoms. The zero-order chi connectivity index (χ0) is 17.2. The third-order valence-corrected chi connectivity index (χ3v) is 3.99. The predicted octanol–water partition coefficient (Wildman–Crippen LogP) is 4.82. The maximum absolute atomic E-state index is 12.5. The average Bonchev–Trinajstić information content (AvgIpc) is 3.21. The monoisotopic (exact) mass is 332 g/mol. The van der Waals surface area contributed by atoms with E-state index in [1.54, 1.807) is 16.9 Å². The smallest absolute Gasteiger partial charge is 0.272 e. The van der Waals surface area contributed by atoms with Gasteiger partial charge < -0.3 is 19.0 Å². The van der Waals surface area contributed by atoms with Crippen LogP contribution >= 0.6 is 0 Å². The van der Waals surface area contributed by atoms with Gasteiger partial charge in [0.1, 0.15) is 17.2 Å². The van der Waals surface area contributed by atoms with Gasteiger partial charge in [-0.05, 0) is 36.4 Å². The molecule has 1 amide bonds. The van der Waals surface area contributed by atoms with Crippen LogP contribution in [0.25, 0.3) is 11.1 Å². The third-order valence-electron chi connectivity index (χ3n) is 3.99. The fraction of sp³-hybridized carbons (Fsp3) is 0.0500. The second-order valence-corrected chi connectivity index (χ2v) is 5.65. The van der Waals surface area contributed by atoms with E-state index in [4.69, 9.17) is 9.15 Å². The maximum Gasteiger partial charge on any atom is 0.272 e. The maximum atomic E-state index is 12.5. The van der Waals surface area contributed by atoms with Gasteiger partial charge in [0.05, 0.1) is 11.8 Å². The second kappa shape index (κ2) is 6.20. The lowest BCUT2D eigenvalue weighted by atomic mass is 10.3. The van der Waals surface area contributed by atoms with E-state index in [1.165, 1.54) is 0 Å². The molecule has 0 aliphatic heterocycles. The number of furan rings is 1. The van der Waals surface area contributed by atoms with E-state index in [9.17, 15) is 4.79 Å². The topological polar surface area (TPSA) is 56.4 Å². The Kier molecular flexibility index (Phi) is 3.74. The molecule has 0 radical (unpaired) electrons. The first-order valence-electron chi connectivity index (χ1n) is 7.88. The van der Waals surface area contributed by atoms with Crippen LogP contribution in [0.2, 0.25) is 0 Å². The second-order valence-electron chi connectivity index (χ2n) is 5.65. The molecule has 2 aromatic carbocycles. The van der Waals surface area contributed by atoms with E-state index in [0.29, 0.717) is 22.7 Å². The molecule has 2 aromatic heterocycles. The first-order valence-corrected chi connectivity index (χ1v) is 7.88. The van der Waals surface area contributed by atoms with Crippen LogP contribution in [0.3, 0.4) is 0 Å². The Labute approximate surface area is 144 Å². The molecule has 5 heteroatoms. The van der Waals surface area contributed by atoms with Crippen LogP contribution in [-0.4, -0.2) is 10.5 Å². The number of nitrogens with one attached hydrogen (secondary N) is 1. The Balaban J connectivity index is 1.48. The van der Waals surface area contributed by atoms with Gasteiger partial charge in [0.15, 0.2) is 5.58 Å². The Morgan fingerprint density at radius 2 is 1.72 bits per heavy atom. The van der Waals surface area contributed by atoms with E-state index in [2.05, 4.69) is 5.32 Å². The summed E-state index contributed by atoms with van der Waals surface area (Å²) in [6, 6.07) is 20.4. The van der Waals surface area contributed by atoms with E-state index in [0.717, 1.165) is 11.3 Å². The fourth-order valence-electron chi connectivity index (χ4n) is 2.69. The average molecular weight is 332 g/mol. The number of fused-ring (bicyclic) bond motifs is 1. The molecule has 0 fully saturated rings. The molecular formula is C20H16N2O3. The number of para-hydroxylation sites is 1. The minimum atomic E-state index is -0.189. The molecule has 0 spiro atoms. The summed E-state index contributed by atoms with van der Waals surface area (Å²) in [4.78, 5) is 12.5. The number of benzene rings is 2. The molecule has 0 aliphatic rings. The Hall–Kier alpha value is -3.47. The quantitative estimate of drug-likeness (QED) is 0.583. The van der Waals surface area contributed by atoms with Crippen molar-refractivity contribution in [2.45, 2.75) is 0 Å². The minimum absolute atomic E-state index is 0.189. The molecule has 4 rings (SSSR count). The minimum Gasteiger partial charge on any atom is -0.463 e. The number of amides is 1. The summed E-state index contributed by atoms with van der Waals surface area (Å²) in [5.41, 5.74) is 2.82. The van der Waals surface area contributed by atoms with Gasteiger partial charge >= 0.3 is 0 Å². The van der Waals surface area contributed by atoms with Crippen LogP contribution in [0.1, 0.15) is 10.5 Å². The number of ether oxygens (including phenoxy) is 1. The molecule has 5 nitrogen and oxygen atoms in total. The summed E-state index contributed by atoms with van der Waals surface area (Å²) in [6.07, 6.45) is 1.61. The summed E-state index contributed by atoms with van der Waals surface area (Å²) in [5, 5.41) is 2.88. The molecule has 0 saturated carbocycles. The molecule has 25 heavy (non-hydrogen) atoms. The summed E-state index contributed by atoms with van der Waals surface area (Å²) in [6.45, 7) is 0. The van der Waals surface area contributed by atoms with E-state index >= 15 is 0 Å². The molecular weight excluding hydrogens is 316 g/mol. The number of nitrogens with zero attached hydrogens (tertiary/aromatic N) is 1. The van der Waals surface area contributed by atoms with E-state index in [1.807, 2.05) is 67.7 Å². The lowest BCUT2D eigenvalue weighted by molar-refractivity contribution is 0.101. The SMILES string of the molecule is Cn1c(C(=O)Nc2ccc(Oc3ccccc3)cc2)cc2occc21. The number of aryl methyl sites for hydroxylation is 1. The Bertz CT molecular complexity index is 1010. The highest BCUT2D eigenvalue weighted by atomic mass is 16.5. The standard InChI is InChI=1S/C20H16N2O3/c1-22-17-11-12-24-19(17)13-18(22)20(23)21-14-7-9-16(10-8-14)25-15-5-3-2-4-6-15/h2-13H,1H3,(H,21,23). The van der Waals surface area contributed by atoms with Gasteiger partial charge in [0.25, 0.3) is 5.91 Å². The molecule has 2 heterocycles. The van der Waals surface area contributed by atoms with Gasteiger partial charge in [-0.3, -0.25) is 4.79 Å². The van der Waals surface area contributed by atoms with Crippen molar-refractivity contribution in [1.29, 1.82) is 0 Å². The summed E-state index contributed by atoms with van der Waals surface area (Å²) in [7, 11) is 1.84. The van der Waals surface area contributed by atoms with Gasteiger partial charge in [0.2, 0.25) is 0 Å². The molecule has 4 aromatic rings. The Morgan fingerprint density at radius 1 is 1.00 bits per heavy atom. The number of carbonyl (C=O) groups is 1. The number of hydrogen-bond donors (Lipinski definition) is 1. The largest absolute Gasteiger partial charge is 0.463 e. The first kappa shape index (κ1) is 15.1. The number of rotatable bonds is 4. The summed E-state index contributed by atoms with van der Waals surface area (Å²) in [5.74, 6) is 1.29.